The largest absolute Gasteiger partial charge is 0.0951 e. The average Bonchev–Trinajstić information content (AvgIpc) is 2.72. The molecule has 0 atom stereocenters. The quantitative estimate of drug-likeness (QED) is 0.353. The van der Waals surface area contributed by atoms with E-state index in [1.807, 2.05) is 12.2 Å². The molecule has 0 aromatic heterocycles. The summed E-state index contributed by atoms with van der Waals surface area (Å²) >= 11 is 0. The molecule has 0 N–H and O–H groups in total. The third-order valence-corrected chi connectivity index (χ3v) is 5.70. The number of rotatable bonds is 7. The lowest BCUT2D eigenvalue weighted by Gasteiger charge is -2.24. The molecule has 1 aliphatic rings. The van der Waals surface area contributed by atoms with Crippen LogP contribution < -0.4 is 0 Å². The average molecular weight is 361 g/mol. The van der Waals surface area contributed by atoms with Crippen molar-refractivity contribution in [3.63, 3.8) is 0 Å². The van der Waals surface area contributed by atoms with Crippen LogP contribution in [0, 0.1) is 35.5 Å². The summed E-state index contributed by atoms with van der Waals surface area (Å²) in [4.78, 5) is 0. The Morgan fingerprint density at radius 1 is 0.852 bits per heavy atom. The zero-order chi connectivity index (χ0) is 19.2. The molecule has 1 aromatic rings. The van der Waals surface area contributed by atoms with E-state index in [2.05, 4.69) is 61.8 Å². The number of aryl methyl sites for hydroxylation is 1. The van der Waals surface area contributed by atoms with E-state index in [4.69, 9.17) is 0 Å². The van der Waals surface area contributed by atoms with Crippen LogP contribution in [0.25, 0.3) is 0 Å². The SMILES string of the molecule is CCCCCCCc1ccc(C#CC=CC#CC2CCC(CC)CC2)cc1. The van der Waals surface area contributed by atoms with Gasteiger partial charge in [-0.3, -0.25) is 0 Å². The molecule has 0 amide bonds. The molecule has 2 rings (SSSR count). The highest BCUT2D eigenvalue weighted by molar-refractivity contribution is 5.39. The number of benzene rings is 1. The Bertz CT molecular complexity index is 661. The van der Waals surface area contributed by atoms with Crippen LogP contribution in [0.1, 0.15) is 89.2 Å². The van der Waals surface area contributed by atoms with E-state index in [9.17, 15) is 0 Å². The van der Waals surface area contributed by atoms with Gasteiger partial charge in [0.05, 0.1) is 0 Å². The zero-order valence-electron chi connectivity index (χ0n) is 17.4. The topological polar surface area (TPSA) is 0 Å². The van der Waals surface area contributed by atoms with Gasteiger partial charge in [-0.1, -0.05) is 81.8 Å². The van der Waals surface area contributed by atoms with E-state index < -0.39 is 0 Å². The maximum Gasteiger partial charge on any atom is 0.0249 e. The molecule has 0 aliphatic heterocycles. The molecule has 27 heavy (non-hydrogen) atoms. The van der Waals surface area contributed by atoms with Gasteiger partial charge in [-0.15, -0.1) is 0 Å². The van der Waals surface area contributed by atoms with Crippen molar-refractivity contribution in [2.45, 2.75) is 84.5 Å². The fourth-order valence-electron chi connectivity index (χ4n) is 3.78. The number of unbranched alkanes of at least 4 members (excludes halogenated alkanes) is 4. The summed E-state index contributed by atoms with van der Waals surface area (Å²) in [5, 5.41) is 0. The summed E-state index contributed by atoms with van der Waals surface area (Å²) in [6.07, 6.45) is 18.3. The van der Waals surface area contributed by atoms with E-state index in [-0.39, 0.29) is 0 Å². The van der Waals surface area contributed by atoms with Crippen LogP contribution in [-0.2, 0) is 6.42 Å². The van der Waals surface area contributed by atoms with Crippen molar-refractivity contribution in [3.8, 4) is 23.7 Å². The normalized spacial score (nSPS) is 19.2. The lowest BCUT2D eigenvalue weighted by atomic mass is 9.81. The van der Waals surface area contributed by atoms with E-state index in [1.165, 1.54) is 76.2 Å². The highest BCUT2D eigenvalue weighted by atomic mass is 14.2. The summed E-state index contributed by atoms with van der Waals surface area (Å²) in [5.74, 6) is 14.4. The van der Waals surface area contributed by atoms with Crippen molar-refractivity contribution in [1.82, 2.24) is 0 Å². The Kier molecular flexibility index (Phi) is 10.5. The monoisotopic (exact) mass is 360 g/mol. The molecule has 0 bridgehead atoms. The maximum absolute atomic E-state index is 3.40. The second-order valence-electron chi connectivity index (χ2n) is 7.88. The predicted molar refractivity (Wildman–Crippen MR) is 118 cm³/mol. The first-order chi connectivity index (χ1) is 13.3. The van der Waals surface area contributed by atoms with Gasteiger partial charge < -0.3 is 0 Å². The van der Waals surface area contributed by atoms with Gasteiger partial charge in [0, 0.05) is 11.5 Å². The Hall–Kier alpha value is -1.92. The first-order valence-corrected chi connectivity index (χ1v) is 11.1. The van der Waals surface area contributed by atoms with Gasteiger partial charge in [-0.2, -0.15) is 0 Å². The number of hydrogen-bond donors (Lipinski definition) is 0. The third-order valence-electron chi connectivity index (χ3n) is 5.70. The van der Waals surface area contributed by atoms with Crippen LogP contribution >= 0.6 is 0 Å². The molecule has 0 heterocycles. The van der Waals surface area contributed by atoms with Gasteiger partial charge in [0.25, 0.3) is 0 Å². The summed E-state index contributed by atoms with van der Waals surface area (Å²) in [6.45, 7) is 4.57. The molecule has 1 aliphatic carbocycles. The number of allylic oxidation sites excluding steroid dienone is 2. The lowest BCUT2D eigenvalue weighted by Crippen LogP contribution is -2.12. The number of hydrogen-bond acceptors (Lipinski definition) is 0. The molecule has 1 aromatic carbocycles. The predicted octanol–water partition coefficient (Wildman–Crippen LogP) is 7.33. The van der Waals surface area contributed by atoms with Crippen LogP contribution in [0.3, 0.4) is 0 Å². The van der Waals surface area contributed by atoms with Crippen molar-refractivity contribution in [2.75, 3.05) is 0 Å². The standard InChI is InChI=1S/C27H36/c1-3-5-6-7-10-13-26-20-22-27(23-21-26)15-12-9-8-11-14-25-18-16-24(4-2)17-19-25/h8-9,20-25H,3-7,10,13,16-19H2,1-2H3. The van der Waals surface area contributed by atoms with E-state index in [0.29, 0.717) is 5.92 Å². The molecular weight excluding hydrogens is 324 g/mol. The van der Waals surface area contributed by atoms with E-state index >= 15 is 0 Å². The molecule has 0 heteroatoms. The third kappa shape index (κ3) is 9.02. The van der Waals surface area contributed by atoms with Crippen molar-refractivity contribution in [3.05, 3.63) is 47.5 Å². The summed E-state index contributed by atoms with van der Waals surface area (Å²) < 4.78 is 0. The van der Waals surface area contributed by atoms with Crippen molar-refractivity contribution in [2.24, 2.45) is 11.8 Å². The fraction of sp³-hybridized carbons (Fsp3) is 0.556. The molecule has 0 radical (unpaired) electrons. The highest BCUT2D eigenvalue weighted by Gasteiger charge is 2.17. The minimum Gasteiger partial charge on any atom is -0.0951 e. The maximum atomic E-state index is 3.40. The Morgan fingerprint density at radius 2 is 1.56 bits per heavy atom. The van der Waals surface area contributed by atoms with Crippen LogP contribution in [-0.4, -0.2) is 0 Å². The van der Waals surface area contributed by atoms with Crippen molar-refractivity contribution in [1.29, 1.82) is 0 Å². The summed E-state index contributed by atoms with van der Waals surface area (Å²) in [6, 6.07) is 8.72. The highest BCUT2D eigenvalue weighted by Crippen LogP contribution is 2.29. The molecule has 1 fully saturated rings. The van der Waals surface area contributed by atoms with E-state index in [1.54, 1.807) is 0 Å². The minimum absolute atomic E-state index is 0.597. The second-order valence-corrected chi connectivity index (χ2v) is 7.88. The summed E-state index contributed by atoms with van der Waals surface area (Å²) in [7, 11) is 0. The minimum atomic E-state index is 0.597. The molecule has 0 unspecified atom stereocenters. The van der Waals surface area contributed by atoms with Crippen molar-refractivity contribution >= 4 is 0 Å². The van der Waals surface area contributed by atoms with Gasteiger partial charge in [0.1, 0.15) is 0 Å². The fourth-order valence-corrected chi connectivity index (χ4v) is 3.78. The molecule has 0 saturated heterocycles. The van der Waals surface area contributed by atoms with Crippen LogP contribution in [0.5, 0.6) is 0 Å². The first kappa shape index (κ1) is 21.4. The van der Waals surface area contributed by atoms with Crippen LogP contribution in [0.2, 0.25) is 0 Å². The van der Waals surface area contributed by atoms with Gasteiger partial charge in [0.2, 0.25) is 0 Å². The zero-order valence-corrected chi connectivity index (χ0v) is 17.4. The smallest absolute Gasteiger partial charge is 0.0249 e. The van der Waals surface area contributed by atoms with Crippen molar-refractivity contribution < 1.29 is 0 Å². The van der Waals surface area contributed by atoms with Gasteiger partial charge in [-0.05, 0) is 74.3 Å². The van der Waals surface area contributed by atoms with Gasteiger partial charge >= 0.3 is 0 Å². The molecule has 0 nitrogen and oxygen atoms in total. The Labute approximate surface area is 167 Å². The van der Waals surface area contributed by atoms with E-state index in [0.717, 1.165) is 11.5 Å². The Morgan fingerprint density at radius 3 is 2.26 bits per heavy atom. The van der Waals surface area contributed by atoms with Crippen LogP contribution in [0.4, 0.5) is 0 Å². The molecular formula is C27H36. The van der Waals surface area contributed by atoms with Crippen LogP contribution in [0.15, 0.2) is 36.4 Å². The Balaban J connectivity index is 1.69. The van der Waals surface area contributed by atoms with Gasteiger partial charge in [0.15, 0.2) is 0 Å². The second kappa shape index (κ2) is 13.3. The molecule has 1 saturated carbocycles. The molecule has 144 valence electrons. The lowest BCUT2D eigenvalue weighted by molar-refractivity contribution is 0.309. The summed E-state index contributed by atoms with van der Waals surface area (Å²) in [5.41, 5.74) is 2.51. The first-order valence-electron chi connectivity index (χ1n) is 11.1. The molecule has 0 spiro atoms. The van der Waals surface area contributed by atoms with Gasteiger partial charge in [-0.25, -0.2) is 0 Å².